The Labute approximate surface area is 113 Å². The number of halogens is 1. The van der Waals surface area contributed by atoms with Gasteiger partial charge in [-0.2, -0.15) is 0 Å². The Hall–Kier alpha value is -1.63. The van der Waals surface area contributed by atoms with Crippen LogP contribution in [0.25, 0.3) is 0 Å². The smallest absolute Gasteiger partial charge is 0.275 e. The number of nitrogen functional groups attached to an aromatic ring is 1. The second-order valence-electron chi connectivity index (χ2n) is 3.37. The summed E-state index contributed by atoms with van der Waals surface area (Å²) in [5.74, 6) is 5.32. The highest BCUT2D eigenvalue weighted by atomic mass is 35.5. The lowest BCUT2D eigenvalue weighted by molar-refractivity contribution is 0.0957. The third-order valence-corrected chi connectivity index (χ3v) is 3.34. The van der Waals surface area contributed by atoms with Crippen molar-refractivity contribution in [1.82, 2.24) is 10.4 Å². The van der Waals surface area contributed by atoms with Gasteiger partial charge < -0.3 is 4.74 Å². The summed E-state index contributed by atoms with van der Waals surface area (Å²) in [5.41, 5.74) is 2.08. The number of aromatic nitrogens is 1. The standard InChI is InChI=1S/C11H10ClN3O2S/c12-7-3-8(5-14-4-7)17-6-9-1-2-10(18-9)11(16)15-13/h1-5H,6,13H2,(H,15,16). The minimum atomic E-state index is -0.310. The van der Waals surface area contributed by atoms with Crippen molar-refractivity contribution in [2.75, 3.05) is 0 Å². The Morgan fingerprint density at radius 1 is 1.50 bits per heavy atom. The van der Waals surface area contributed by atoms with Crippen LogP contribution in [0.1, 0.15) is 14.5 Å². The van der Waals surface area contributed by atoms with Crippen molar-refractivity contribution >= 4 is 28.8 Å². The van der Waals surface area contributed by atoms with Crippen LogP contribution in [0.4, 0.5) is 0 Å². The Bertz CT molecular complexity index is 559. The van der Waals surface area contributed by atoms with Crippen molar-refractivity contribution in [3.63, 3.8) is 0 Å². The number of nitrogens with one attached hydrogen (secondary N) is 1. The second kappa shape index (κ2) is 5.81. The minimum Gasteiger partial charge on any atom is -0.486 e. The van der Waals surface area contributed by atoms with E-state index in [2.05, 4.69) is 10.4 Å². The molecule has 3 N–H and O–H groups in total. The van der Waals surface area contributed by atoms with Crippen LogP contribution in [0.5, 0.6) is 5.75 Å². The fraction of sp³-hybridized carbons (Fsp3) is 0.0909. The number of ether oxygens (including phenoxy) is 1. The van der Waals surface area contributed by atoms with Crippen molar-refractivity contribution in [1.29, 1.82) is 0 Å². The molecule has 0 spiro atoms. The molecule has 2 heterocycles. The summed E-state index contributed by atoms with van der Waals surface area (Å²) < 4.78 is 5.50. The Balaban J connectivity index is 1.98. The zero-order valence-electron chi connectivity index (χ0n) is 9.22. The first-order valence-corrected chi connectivity index (χ1v) is 6.21. The summed E-state index contributed by atoms with van der Waals surface area (Å²) in [5, 5.41) is 0.516. The summed E-state index contributed by atoms with van der Waals surface area (Å²) in [6.45, 7) is 0.352. The van der Waals surface area contributed by atoms with E-state index >= 15 is 0 Å². The van der Waals surface area contributed by atoms with E-state index in [0.29, 0.717) is 22.3 Å². The molecular formula is C11H10ClN3O2S. The maximum atomic E-state index is 11.3. The summed E-state index contributed by atoms with van der Waals surface area (Å²) in [6, 6.07) is 5.19. The van der Waals surface area contributed by atoms with Gasteiger partial charge in [-0.15, -0.1) is 11.3 Å². The van der Waals surface area contributed by atoms with Gasteiger partial charge in [-0.3, -0.25) is 15.2 Å². The van der Waals surface area contributed by atoms with Crippen molar-refractivity contribution in [2.45, 2.75) is 6.61 Å². The second-order valence-corrected chi connectivity index (χ2v) is 4.97. The van der Waals surface area contributed by atoms with E-state index < -0.39 is 0 Å². The molecule has 0 bridgehead atoms. The monoisotopic (exact) mass is 283 g/mol. The zero-order chi connectivity index (χ0) is 13.0. The molecule has 2 rings (SSSR count). The predicted octanol–water partition coefficient (Wildman–Crippen LogP) is 1.98. The normalized spacial score (nSPS) is 10.1. The molecule has 94 valence electrons. The number of carbonyl (C=O) groups excluding carboxylic acids is 1. The third-order valence-electron chi connectivity index (χ3n) is 2.08. The van der Waals surface area contributed by atoms with E-state index in [1.54, 1.807) is 18.3 Å². The molecule has 0 unspecified atom stereocenters. The van der Waals surface area contributed by atoms with Gasteiger partial charge in [0.2, 0.25) is 0 Å². The number of rotatable bonds is 4. The summed E-state index contributed by atoms with van der Waals surface area (Å²) in [6.07, 6.45) is 3.11. The van der Waals surface area contributed by atoms with Crippen molar-refractivity contribution < 1.29 is 9.53 Å². The number of carbonyl (C=O) groups is 1. The summed E-state index contributed by atoms with van der Waals surface area (Å²) >= 11 is 7.10. The molecule has 0 aliphatic heterocycles. The molecule has 0 aromatic carbocycles. The van der Waals surface area contributed by atoms with E-state index in [1.165, 1.54) is 17.5 Å². The molecule has 2 aromatic heterocycles. The Morgan fingerprint density at radius 3 is 3.06 bits per heavy atom. The van der Waals surface area contributed by atoms with Gasteiger partial charge >= 0.3 is 0 Å². The first-order valence-electron chi connectivity index (χ1n) is 5.02. The lowest BCUT2D eigenvalue weighted by Gasteiger charge is -2.03. The van der Waals surface area contributed by atoms with Gasteiger partial charge in [0.1, 0.15) is 12.4 Å². The molecule has 0 aliphatic rings. The van der Waals surface area contributed by atoms with Gasteiger partial charge in [0.15, 0.2) is 0 Å². The molecule has 0 fully saturated rings. The minimum absolute atomic E-state index is 0.310. The number of thiophene rings is 1. The molecule has 0 aliphatic carbocycles. The number of hydrogen-bond acceptors (Lipinski definition) is 5. The highest BCUT2D eigenvalue weighted by Gasteiger charge is 2.07. The number of nitrogens with zero attached hydrogens (tertiary/aromatic N) is 1. The lowest BCUT2D eigenvalue weighted by Crippen LogP contribution is -2.29. The fourth-order valence-corrected chi connectivity index (χ4v) is 2.26. The average molecular weight is 284 g/mol. The predicted molar refractivity (Wildman–Crippen MR) is 69.6 cm³/mol. The molecule has 0 saturated heterocycles. The van der Waals surface area contributed by atoms with E-state index in [0.717, 1.165) is 4.88 Å². The molecule has 18 heavy (non-hydrogen) atoms. The maximum Gasteiger partial charge on any atom is 0.275 e. The fourth-order valence-electron chi connectivity index (χ4n) is 1.27. The van der Waals surface area contributed by atoms with E-state index in [4.69, 9.17) is 22.2 Å². The topological polar surface area (TPSA) is 77.2 Å². The van der Waals surface area contributed by atoms with E-state index in [1.807, 2.05) is 6.07 Å². The van der Waals surface area contributed by atoms with Crippen LogP contribution in [-0.4, -0.2) is 10.9 Å². The van der Waals surface area contributed by atoms with Crippen LogP contribution in [0.3, 0.4) is 0 Å². The van der Waals surface area contributed by atoms with Crippen LogP contribution in [0.15, 0.2) is 30.6 Å². The van der Waals surface area contributed by atoms with Crippen molar-refractivity contribution in [2.24, 2.45) is 5.84 Å². The molecule has 5 nitrogen and oxygen atoms in total. The lowest BCUT2D eigenvalue weighted by atomic mass is 10.4. The molecule has 7 heteroatoms. The Kier molecular flexibility index (Phi) is 4.14. The van der Waals surface area contributed by atoms with E-state index in [9.17, 15) is 4.79 Å². The molecule has 0 atom stereocenters. The number of amides is 1. The largest absolute Gasteiger partial charge is 0.486 e. The van der Waals surface area contributed by atoms with Crippen molar-refractivity contribution in [3.8, 4) is 5.75 Å². The number of pyridine rings is 1. The number of hydrogen-bond donors (Lipinski definition) is 2. The van der Waals surface area contributed by atoms with Gasteiger partial charge in [-0.05, 0) is 12.1 Å². The first kappa shape index (κ1) is 12.8. The summed E-state index contributed by atoms with van der Waals surface area (Å²) in [7, 11) is 0. The van der Waals surface area contributed by atoms with Crippen molar-refractivity contribution in [3.05, 3.63) is 45.4 Å². The highest BCUT2D eigenvalue weighted by Crippen LogP contribution is 2.20. The van der Waals surface area contributed by atoms with Gasteiger partial charge in [-0.25, -0.2) is 5.84 Å². The van der Waals surface area contributed by atoms with Gasteiger partial charge in [0.05, 0.1) is 16.1 Å². The van der Waals surface area contributed by atoms with Gasteiger partial charge in [0, 0.05) is 17.1 Å². The SMILES string of the molecule is NNC(=O)c1ccc(COc2cncc(Cl)c2)s1. The van der Waals surface area contributed by atoms with Gasteiger partial charge in [-0.1, -0.05) is 11.6 Å². The Morgan fingerprint density at radius 2 is 2.33 bits per heavy atom. The van der Waals surface area contributed by atoms with Crippen LogP contribution in [0.2, 0.25) is 5.02 Å². The first-order chi connectivity index (χ1) is 8.69. The molecule has 2 aromatic rings. The van der Waals surface area contributed by atoms with Gasteiger partial charge in [0.25, 0.3) is 5.91 Å². The zero-order valence-corrected chi connectivity index (χ0v) is 10.8. The van der Waals surface area contributed by atoms with Crippen LogP contribution in [0, 0.1) is 0 Å². The number of nitrogens with two attached hydrogens (primary N) is 1. The van der Waals surface area contributed by atoms with Crippen LogP contribution < -0.4 is 16.0 Å². The summed E-state index contributed by atoms with van der Waals surface area (Å²) in [4.78, 5) is 16.6. The third kappa shape index (κ3) is 3.19. The average Bonchev–Trinajstić information content (AvgIpc) is 2.84. The van der Waals surface area contributed by atoms with Crippen LogP contribution >= 0.6 is 22.9 Å². The number of hydrazine groups is 1. The molecule has 0 radical (unpaired) electrons. The quantitative estimate of drug-likeness (QED) is 0.511. The highest BCUT2D eigenvalue weighted by molar-refractivity contribution is 7.14. The van der Waals surface area contributed by atoms with Crippen LogP contribution in [-0.2, 0) is 6.61 Å². The molecular weight excluding hydrogens is 274 g/mol. The maximum absolute atomic E-state index is 11.3. The van der Waals surface area contributed by atoms with E-state index in [-0.39, 0.29) is 5.91 Å². The molecule has 1 amide bonds. The molecule has 0 saturated carbocycles.